The number of halogens is 2. The number of nitrogens with zero attached hydrogens (tertiary/aromatic N) is 2. The van der Waals surface area contributed by atoms with Crippen molar-refractivity contribution in [2.45, 2.75) is 12.8 Å². The van der Waals surface area contributed by atoms with Crippen molar-refractivity contribution in [1.29, 1.82) is 0 Å². The molecule has 0 spiro atoms. The zero-order chi connectivity index (χ0) is 22.7. The van der Waals surface area contributed by atoms with Crippen molar-refractivity contribution >= 4 is 45.6 Å². The zero-order valence-corrected chi connectivity index (χ0v) is 17.9. The summed E-state index contributed by atoms with van der Waals surface area (Å²) in [6, 6.07) is 9.46. The van der Waals surface area contributed by atoms with Gasteiger partial charge in [0.05, 0.1) is 10.4 Å². The monoisotopic (exact) mass is 454 g/mol. The minimum absolute atomic E-state index is 0.0109. The number of hydrogen-bond donors (Lipinski definition) is 2. The van der Waals surface area contributed by atoms with Crippen LogP contribution in [0.4, 0.5) is 21.6 Å². The number of aromatic nitrogens is 2. The second kappa shape index (κ2) is 9.33. The SMILES string of the molecule is COCCCC(=O)c1cc(-c2nccc3c(Nc4ccc(F)c(Cl)c4)c(N)oc23)ccn1. The van der Waals surface area contributed by atoms with Gasteiger partial charge >= 0.3 is 0 Å². The van der Waals surface area contributed by atoms with E-state index in [1.807, 2.05) is 0 Å². The predicted octanol–water partition coefficient (Wildman–Crippen LogP) is 5.62. The number of methoxy groups -OCH3 is 1. The number of carbonyl (C=O) groups is 1. The summed E-state index contributed by atoms with van der Waals surface area (Å²) < 4.78 is 24.3. The van der Waals surface area contributed by atoms with E-state index in [1.165, 1.54) is 12.1 Å². The summed E-state index contributed by atoms with van der Waals surface area (Å²) in [6.45, 7) is 0.507. The topological polar surface area (TPSA) is 103 Å². The van der Waals surface area contributed by atoms with Gasteiger partial charge in [-0.15, -0.1) is 0 Å². The van der Waals surface area contributed by atoms with Gasteiger partial charge in [-0.3, -0.25) is 14.8 Å². The van der Waals surface area contributed by atoms with Crippen molar-refractivity contribution in [1.82, 2.24) is 9.97 Å². The van der Waals surface area contributed by atoms with Crippen LogP contribution in [0.25, 0.3) is 22.2 Å². The number of nitrogen functional groups attached to an aromatic ring is 1. The molecule has 3 aromatic heterocycles. The van der Waals surface area contributed by atoms with Crippen LogP contribution in [0.3, 0.4) is 0 Å². The number of fused-ring (bicyclic) bond motifs is 1. The van der Waals surface area contributed by atoms with Gasteiger partial charge in [0, 0.05) is 43.8 Å². The number of nitrogens with two attached hydrogens (primary N) is 1. The first-order valence-electron chi connectivity index (χ1n) is 9.85. The van der Waals surface area contributed by atoms with Crippen LogP contribution in [0.5, 0.6) is 0 Å². The second-order valence-corrected chi connectivity index (χ2v) is 7.49. The molecule has 0 saturated heterocycles. The number of benzene rings is 1. The van der Waals surface area contributed by atoms with Crippen molar-refractivity contribution in [2.24, 2.45) is 0 Å². The van der Waals surface area contributed by atoms with Crippen LogP contribution in [0, 0.1) is 5.82 Å². The third-order valence-electron chi connectivity index (χ3n) is 4.89. The van der Waals surface area contributed by atoms with E-state index in [1.54, 1.807) is 43.8 Å². The maximum atomic E-state index is 13.5. The van der Waals surface area contributed by atoms with Crippen molar-refractivity contribution in [3.63, 3.8) is 0 Å². The first kappa shape index (κ1) is 21.7. The van der Waals surface area contributed by atoms with Gasteiger partial charge in [-0.05, 0) is 42.8 Å². The smallest absolute Gasteiger partial charge is 0.215 e. The molecule has 0 aliphatic heterocycles. The minimum Gasteiger partial charge on any atom is -0.436 e. The summed E-state index contributed by atoms with van der Waals surface area (Å²) in [6.07, 6.45) is 4.14. The minimum atomic E-state index is -0.515. The highest BCUT2D eigenvalue weighted by Gasteiger charge is 2.18. The van der Waals surface area contributed by atoms with Crippen molar-refractivity contribution in [2.75, 3.05) is 24.8 Å². The number of ether oxygens (including phenoxy) is 1. The van der Waals surface area contributed by atoms with Crippen molar-refractivity contribution in [3.8, 4) is 11.3 Å². The lowest BCUT2D eigenvalue weighted by Gasteiger charge is -2.07. The molecule has 0 fully saturated rings. The van der Waals surface area contributed by atoms with E-state index in [2.05, 4.69) is 15.3 Å². The van der Waals surface area contributed by atoms with Gasteiger partial charge in [0.2, 0.25) is 5.88 Å². The molecule has 32 heavy (non-hydrogen) atoms. The first-order chi connectivity index (χ1) is 15.5. The molecule has 1 aromatic carbocycles. The molecular weight excluding hydrogens is 435 g/mol. The molecule has 0 amide bonds. The number of hydrogen-bond acceptors (Lipinski definition) is 7. The molecule has 9 heteroatoms. The summed E-state index contributed by atoms with van der Waals surface area (Å²) in [5.74, 6) is -0.454. The summed E-state index contributed by atoms with van der Waals surface area (Å²) in [5, 5.41) is 3.79. The van der Waals surface area contributed by atoms with Crippen LogP contribution in [0.2, 0.25) is 5.02 Å². The van der Waals surface area contributed by atoms with Crippen LogP contribution in [-0.4, -0.2) is 29.5 Å². The molecule has 3 N–H and O–H groups in total. The van der Waals surface area contributed by atoms with E-state index in [9.17, 15) is 9.18 Å². The fourth-order valence-electron chi connectivity index (χ4n) is 3.33. The van der Waals surface area contributed by atoms with Gasteiger partial charge in [-0.25, -0.2) is 4.39 Å². The molecule has 4 aromatic rings. The fourth-order valence-corrected chi connectivity index (χ4v) is 3.51. The molecule has 0 aliphatic carbocycles. The number of Topliss-reactive ketones (excluding diaryl/α,β-unsaturated/α-hetero) is 1. The maximum absolute atomic E-state index is 13.5. The van der Waals surface area contributed by atoms with E-state index in [0.717, 1.165) is 0 Å². The van der Waals surface area contributed by atoms with Gasteiger partial charge in [0.1, 0.15) is 22.9 Å². The lowest BCUT2D eigenvalue weighted by atomic mass is 10.1. The quantitative estimate of drug-likeness (QED) is 0.263. The average Bonchev–Trinajstić information content (AvgIpc) is 3.11. The Labute approximate surface area is 188 Å². The number of nitrogens with one attached hydrogen (secondary N) is 1. The number of rotatable bonds is 8. The Kier molecular flexibility index (Phi) is 6.34. The van der Waals surface area contributed by atoms with Crippen molar-refractivity contribution in [3.05, 3.63) is 65.3 Å². The van der Waals surface area contributed by atoms with E-state index in [4.69, 9.17) is 26.5 Å². The van der Waals surface area contributed by atoms with Gasteiger partial charge in [-0.2, -0.15) is 0 Å². The summed E-state index contributed by atoms with van der Waals surface area (Å²) in [4.78, 5) is 21.1. The molecule has 0 bridgehead atoms. The zero-order valence-electron chi connectivity index (χ0n) is 17.2. The molecule has 0 saturated carbocycles. The summed E-state index contributed by atoms with van der Waals surface area (Å²) in [7, 11) is 1.60. The average molecular weight is 455 g/mol. The summed E-state index contributed by atoms with van der Waals surface area (Å²) >= 11 is 5.88. The molecule has 0 unspecified atom stereocenters. The van der Waals surface area contributed by atoms with E-state index < -0.39 is 5.82 Å². The number of anilines is 3. The highest BCUT2D eigenvalue weighted by molar-refractivity contribution is 6.31. The summed E-state index contributed by atoms with van der Waals surface area (Å²) in [5.41, 5.74) is 9.17. The van der Waals surface area contributed by atoms with Crippen LogP contribution in [0.1, 0.15) is 23.3 Å². The number of pyridine rings is 2. The van der Waals surface area contributed by atoms with Gasteiger partial charge in [0.25, 0.3) is 0 Å². The third-order valence-corrected chi connectivity index (χ3v) is 5.18. The van der Waals surface area contributed by atoms with Crippen LogP contribution < -0.4 is 11.1 Å². The lowest BCUT2D eigenvalue weighted by Crippen LogP contribution is -2.04. The largest absolute Gasteiger partial charge is 0.436 e. The van der Waals surface area contributed by atoms with Crippen LogP contribution in [0.15, 0.2) is 53.2 Å². The van der Waals surface area contributed by atoms with Crippen molar-refractivity contribution < 1.29 is 18.3 Å². The fraction of sp³-hybridized carbons (Fsp3) is 0.174. The molecule has 0 radical (unpaired) electrons. The number of furan rings is 1. The Balaban J connectivity index is 1.69. The Morgan fingerprint density at radius 2 is 2.03 bits per heavy atom. The Hall–Kier alpha value is -3.49. The molecule has 4 rings (SSSR count). The number of carbonyl (C=O) groups excluding carboxylic acids is 1. The van der Waals surface area contributed by atoms with E-state index >= 15 is 0 Å². The van der Waals surface area contributed by atoms with Gasteiger partial charge in [0.15, 0.2) is 11.4 Å². The molecule has 0 aliphatic rings. The second-order valence-electron chi connectivity index (χ2n) is 7.08. The molecule has 3 heterocycles. The molecular formula is C23H20ClFN4O3. The van der Waals surface area contributed by atoms with Gasteiger partial charge < -0.3 is 20.2 Å². The van der Waals surface area contributed by atoms with E-state index in [-0.39, 0.29) is 16.7 Å². The lowest BCUT2D eigenvalue weighted by molar-refractivity contribution is 0.0958. The standard InChI is InChI=1S/C23H20ClFN4O3/c1-31-10-2-3-19(30)18-11-13(6-8-27-18)20-22-15(7-9-28-20)21(23(26)32-22)29-14-4-5-17(25)16(24)12-14/h4-9,11-12,29H,2-3,10,26H2,1H3. The Morgan fingerprint density at radius 1 is 1.22 bits per heavy atom. The first-order valence-corrected chi connectivity index (χ1v) is 10.2. The highest BCUT2D eigenvalue weighted by atomic mass is 35.5. The highest BCUT2D eigenvalue weighted by Crippen LogP contribution is 2.39. The Morgan fingerprint density at radius 3 is 2.81 bits per heavy atom. The molecule has 164 valence electrons. The third kappa shape index (κ3) is 4.42. The normalized spacial score (nSPS) is 11.1. The van der Waals surface area contributed by atoms with Gasteiger partial charge in [-0.1, -0.05) is 11.6 Å². The molecule has 7 nitrogen and oxygen atoms in total. The maximum Gasteiger partial charge on any atom is 0.215 e. The Bertz CT molecular complexity index is 1290. The predicted molar refractivity (Wildman–Crippen MR) is 122 cm³/mol. The van der Waals surface area contributed by atoms with Crippen LogP contribution >= 0.6 is 11.6 Å². The van der Waals surface area contributed by atoms with Crippen LogP contribution in [-0.2, 0) is 4.74 Å². The molecule has 0 atom stereocenters. The number of ketones is 1. The van der Waals surface area contributed by atoms with E-state index in [0.29, 0.717) is 58.7 Å².